The van der Waals surface area contributed by atoms with Crippen LogP contribution in [0.25, 0.3) is 0 Å². The van der Waals surface area contributed by atoms with Crippen LogP contribution in [0.4, 0.5) is 4.79 Å². The molecule has 0 bridgehead atoms. The molecule has 1 N–H and O–H groups in total. The van der Waals surface area contributed by atoms with Crippen LogP contribution in [0, 0.1) is 5.92 Å². The van der Waals surface area contributed by atoms with Gasteiger partial charge >= 0.3 is 6.03 Å². The van der Waals surface area contributed by atoms with Crippen molar-refractivity contribution in [2.24, 2.45) is 5.92 Å². The lowest BCUT2D eigenvalue weighted by Crippen LogP contribution is -2.46. The highest BCUT2D eigenvalue weighted by Gasteiger charge is 2.49. The van der Waals surface area contributed by atoms with E-state index in [9.17, 15) is 14.4 Å². The fourth-order valence-corrected chi connectivity index (χ4v) is 4.38. The molecule has 2 fully saturated rings. The summed E-state index contributed by atoms with van der Waals surface area (Å²) in [7, 11) is 0. The van der Waals surface area contributed by atoms with Crippen molar-refractivity contribution in [3.63, 3.8) is 0 Å². The molecule has 6 heteroatoms. The average molecular weight is 405 g/mol. The van der Waals surface area contributed by atoms with Crippen LogP contribution in [0.15, 0.2) is 60.7 Å². The Bertz CT molecular complexity index is 923. The van der Waals surface area contributed by atoms with Gasteiger partial charge < -0.3 is 10.2 Å². The van der Waals surface area contributed by atoms with E-state index < -0.39 is 11.6 Å². The summed E-state index contributed by atoms with van der Waals surface area (Å²) in [6.45, 7) is 2.80. The number of carbonyl (C=O) groups excluding carboxylic acids is 3. The Labute approximate surface area is 176 Å². The van der Waals surface area contributed by atoms with E-state index >= 15 is 0 Å². The van der Waals surface area contributed by atoms with E-state index in [0.717, 1.165) is 24.2 Å². The predicted molar refractivity (Wildman–Crippen MR) is 113 cm³/mol. The lowest BCUT2D eigenvalue weighted by Gasteiger charge is -2.33. The molecule has 4 amide bonds. The van der Waals surface area contributed by atoms with E-state index in [-0.39, 0.29) is 18.4 Å². The Morgan fingerprint density at radius 2 is 1.60 bits per heavy atom. The van der Waals surface area contributed by atoms with Crippen LogP contribution in [0.2, 0.25) is 0 Å². The number of likely N-dealkylation sites (tertiary alicyclic amines) is 1. The van der Waals surface area contributed by atoms with Crippen molar-refractivity contribution in [2.45, 2.75) is 31.7 Å². The molecule has 0 aromatic heterocycles. The maximum atomic E-state index is 13.0. The first-order valence-corrected chi connectivity index (χ1v) is 10.5. The molecule has 2 saturated heterocycles. The highest BCUT2D eigenvalue weighted by molar-refractivity contribution is 6.09. The number of urea groups is 1. The number of rotatable bonds is 5. The summed E-state index contributed by atoms with van der Waals surface area (Å²) >= 11 is 0. The number of carbonyl (C=O) groups is 3. The first kappa shape index (κ1) is 20.1. The minimum Gasteiger partial charge on any atom is -0.341 e. The van der Waals surface area contributed by atoms with Crippen molar-refractivity contribution in [2.75, 3.05) is 19.6 Å². The maximum Gasteiger partial charge on any atom is 0.325 e. The Morgan fingerprint density at radius 3 is 2.23 bits per heavy atom. The number of benzene rings is 2. The molecule has 2 aromatic carbocycles. The number of nitrogens with one attached hydrogen (secondary N) is 1. The second-order valence-electron chi connectivity index (χ2n) is 8.33. The maximum absolute atomic E-state index is 13.0. The zero-order valence-corrected chi connectivity index (χ0v) is 17.2. The first-order valence-electron chi connectivity index (χ1n) is 10.5. The fraction of sp³-hybridized carbons (Fsp3) is 0.375. The second kappa shape index (κ2) is 8.30. The van der Waals surface area contributed by atoms with Crippen molar-refractivity contribution in [3.05, 3.63) is 71.8 Å². The molecular weight excluding hydrogens is 378 g/mol. The van der Waals surface area contributed by atoms with E-state index in [1.165, 1.54) is 5.56 Å². The van der Waals surface area contributed by atoms with Gasteiger partial charge in [0.25, 0.3) is 5.91 Å². The summed E-state index contributed by atoms with van der Waals surface area (Å²) in [6, 6.07) is 19.0. The third kappa shape index (κ3) is 3.95. The van der Waals surface area contributed by atoms with Gasteiger partial charge in [0.15, 0.2) is 0 Å². The highest BCUT2D eigenvalue weighted by Crippen LogP contribution is 2.29. The van der Waals surface area contributed by atoms with Gasteiger partial charge in [-0.25, -0.2) is 4.79 Å². The molecule has 6 nitrogen and oxygen atoms in total. The zero-order chi connectivity index (χ0) is 21.1. The summed E-state index contributed by atoms with van der Waals surface area (Å²) in [6.07, 6.45) is 2.89. The number of nitrogens with zero attached hydrogens (tertiary/aromatic N) is 2. The quantitative estimate of drug-likeness (QED) is 0.778. The van der Waals surface area contributed by atoms with Gasteiger partial charge in [0, 0.05) is 13.1 Å². The van der Waals surface area contributed by atoms with Crippen LogP contribution in [0.5, 0.6) is 0 Å². The van der Waals surface area contributed by atoms with E-state index in [1.807, 2.05) is 24.3 Å². The van der Waals surface area contributed by atoms with Gasteiger partial charge in [-0.3, -0.25) is 14.5 Å². The van der Waals surface area contributed by atoms with Crippen LogP contribution in [0.1, 0.15) is 30.9 Å². The van der Waals surface area contributed by atoms with Crippen LogP contribution in [-0.4, -0.2) is 47.3 Å². The molecule has 2 aliphatic rings. The normalized spacial score (nSPS) is 22.3. The summed E-state index contributed by atoms with van der Waals surface area (Å²) < 4.78 is 0. The van der Waals surface area contributed by atoms with Gasteiger partial charge in [-0.05, 0) is 43.2 Å². The molecule has 156 valence electrons. The molecule has 2 aliphatic heterocycles. The summed E-state index contributed by atoms with van der Waals surface area (Å²) in [5.41, 5.74) is 0.892. The molecule has 0 aliphatic carbocycles. The second-order valence-corrected chi connectivity index (χ2v) is 8.33. The standard InChI is InChI=1S/C24H27N3O3/c1-24(20-10-6-3-7-11-20)22(29)27(23(30)25-24)17-21(28)26-14-12-19(13-15-26)16-18-8-4-2-5-9-18/h2-11,19H,12-17H2,1H3,(H,25,30)/t24-/m1/s1. The van der Waals surface area contributed by atoms with Gasteiger partial charge in [0.1, 0.15) is 12.1 Å². The monoisotopic (exact) mass is 405 g/mol. The summed E-state index contributed by atoms with van der Waals surface area (Å²) in [5.74, 6) is -0.00507. The third-order valence-corrected chi connectivity index (χ3v) is 6.25. The molecule has 2 aromatic rings. The van der Waals surface area contributed by atoms with Crippen molar-refractivity contribution in [3.8, 4) is 0 Å². The molecule has 0 radical (unpaired) electrons. The molecule has 30 heavy (non-hydrogen) atoms. The lowest BCUT2D eigenvalue weighted by molar-refractivity contribution is -0.139. The van der Waals surface area contributed by atoms with E-state index in [1.54, 1.807) is 24.0 Å². The Kier molecular flexibility index (Phi) is 5.57. The molecule has 1 atom stereocenters. The molecular formula is C24H27N3O3. The lowest BCUT2D eigenvalue weighted by atomic mass is 9.90. The first-order chi connectivity index (χ1) is 14.5. The van der Waals surface area contributed by atoms with E-state index in [0.29, 0.717) is 24.6 Å². The minimum absolute atomic E-state index is 0.172. The van der Waals surface area contributed by atoms with Gasteiger partial charge in [-0.15, -0.1) is 0 Å². The van der Waals surface area contributed by atoms with Crippen molar-refractivity contribution < 1.29 is 14.4 Å². The molecule has 2 heterocycles. The van der Waals surface area contributed by atoms with Gasteiger partial charge in [0.05, 0.1) is 0 Å². The number of amides is 4. The van der Waals surface area contributed by atoms with Gasteiger partial charge in [-0.2, -0.15) is 0 Å². The van der Waals surface area contributed by atoms with Crippen LogP contribution < -0.4 is 5.32 Å². The highest BCUT2D eigenvalue weighted by atomic mass is 16.2. The van der Waals surface area contributed by atoms with Crippen molar-refractivity contribution in [1.29, 1.82) is 0 Å². The fourth-order valence-electron chi connectivity index (χ4n) is 4.38. The zero-order valence-electron chi connectivity index (χ0n) is 17.2. The summed E-state index contributed by atoms with van der Waals surface area (Å²) in [4.78, 5) is 41.1. The number of imide groups is 1. The number of hydrogen-bond acceptors (Lipinski definition) is 3. The van der Waals surface area contributed by atoms with Crippen LogP contribution >= 0.6 is 0 Å². The SMILES string of the molecule is C[C@]1(c2ccccc2)NC(=O)N(CC(=O)N2CCC(Cc3ccccc3)CC2)C1=O. The Hall–Kier alpha value is -3.15. The van der Waals surface area contributed by atoms with Crippen LogP contribution in [-0.2, 0) is 21.5 Å². The van der Waals surface area contributed by atoms with Gasteiger partial charge in [-0.1, -0.05) is 60.7 Å². The summed E-state index contributed by atoms with van der Waals surface area (Å²) in [5, 5.41) is 2.76. The minimum atomic E-state index is -1.14. The van der Waals surface area contributed by atoms with E-state index in [2.05, 4.69) is 29.6 Å². The predicted octanol–water partition coefficient (Wildman–Crippen LogP) is 2.93. The number of piperidine rings is 1. The van der Waals surface area contributed by atoms with E-state index in [4.69, 9.17) is 0 Å². The molecule has 0 saturated carbocycles. The molecule has 0 spiro atoms. The Morgan fingerprint density at radius 1 is 1.00 bits per heavy atom. The molecule has 4 rings (SSSR count). The van der Waals surface area contributed by atoms with Crippen LogP contribution in [0.3, 0.4) is 0 Å². The smallest absolute Gasteiger partial charge is 0.325 e. The average Bonchev–Trinajstić information content (AvgIpc) is 2.99. The topological polar surface area (TPSA) is 69.7 Å². The Balaban J connectivity index is 1.34. The molecule has 0 unspecified atom stereocenters. The van der Waals surface area contributed by atoms with Crippen molar-refractivity contribution >= 4 is 17.8 Å². The van der Waals surface area contributed by atoms with Crippen molar-refractivity contribution in [1.82, 2.24) is 15.1 Å². The third-order valence-electron chi connectivity index (χ3n) is 6.25. The largest absolute Gasteiger partial charge is 0.341 e. The van der Waals surface area contributed by atoms with Gasteiger partial charge in [0.2, 0.25) is 5.91 Å². The number of hydrogen-bond donors (Lipinski definition) is 1.